The fraction of sp³-hybridized carbons (Fsp3) is 0.889. The first kappa shape index (κ1) is 19.8. The lowest BCUT2D eigenvalue weighted by atomic mass is 10.1. The molecule has 1 aliphatic rings. The molecule has 2 N–H and O–H groups in total. The highest BCUT2D eigenvalue weighted by atomic mass is 16.2. The van der Waals surface area contributed by atoms with Crippen molar-refractivity contribution in [2.45, 2.75) is 78.2 Å². The molecule has 1 saturated heterocycles. The van der Waals surface area contributed by atoms with Crippen LogP contribution in [0.3, 0.4) is 0 Å². The van der Waals surface area contributed by atoms with Crippen molar-refractivity contribution in [3.8, 4) is 0 Å². The molecule has 1 atom stereocenters. The third-order valence-electron chi connectivity index (χ3n) is 4.25. The number of nitrogens with one attached hydrogen (secondary N) is 2. The van der Waals surface area contributed by atoms with Gasteiger partial charge in [0.2, 0.25) is 5.91 Å². The number of amides is 1. The number of hydrogen-bond donors (Lipinski definition) is 2. The molecule has 0 spiro atoms. The number of nitrogens with zero attached hydrogens (tertiary/aromatic N) is 2. The fourth-order valence-corrected chi connectivity index (χ4v) is 2.90. The lowest BCUT2D eigenvalue weighted by Gasteiger charge is -2.18. The Kier molecular flexibility index (Phi) is 10.5. The van der Waals surface area contributed by atoms with Crippen molar-refractivity contribution in [2.75, 3.05) is 26.2 Å². The van der Waals surface area contributed by atoms with Crippen molar-refractivity contribution < 1.29 is 4.79 Å². The zero-order valence-corrected chi connectivity index (χ0v) is 15.4. The van der Waals surface area contributed by atoms with Crippen molar-refractivity contribution >= 4 is 11.9 Å². The Morgan fingerprint density at radius 1 is 1.26 bits per heavy atom. The van der Waals surface area contributed by atoms with Crippen LogP contribution in [-0.4, -0.2) is 49.0 Å². The van der Waals surface area contributed by atoms with Gasteiger partial charge in [-0.15, -0.1) is 0 Å². The Bertz CT molecular complexity index is 357. The van der Waals surface area contributed by atoms with Gasteiger partial charge in [-0.3, -0.25) is 9.79 Å². The Balaban J connectivity index is 2.24. The van der Waals surface area contributed by atoms with Gasteiger partial charge in [0.25, 0.3) is 0 Å². The van der Waals surface area contributed by atoms with Gasteiger partial charge < -0.3 is 15.5 Å². The molecule has 0 radical (unpaired) electrons. The minimum absolute atomic E-state index is 0.305. The summed E-state index contributed by atoms with van der Waals surface area (Å²) in [5, 5.41) is 6.80. The number of hydrogen-bond acceptors (Lipinski definition) is 2. The van der Waals surface area contributed by atoms with Crippen LogP contribution in [0.15, 0.2) is 4.99 Å². The van der Waals surface area contributed by atoms with Gasteiger partial charge in [-0.2, -0.15) is 0 Å². The van der Waals surface area contributed by atoms with Crippen LogP contribution in [-0.2, 0) is 4.79 Å². The summed E-state index contributed by atoms with van der Waals surface area (Å²) >= 11 is 0. The van der Waals surface area contributed by atoms with E-state index in [9.17, 15) is 4.79 Å². The molecule has 23 heavy (non-hydrogen) atoms. The van der Waals surface area contributed by atoms with Crippen LogP contribution in [0.5, 0.6) is 0 Å². The number of guanidine groups is 1. The first-order valence-corrected chi connectivity index (χ1v) is 9.50. The van der Waals surface area contributed by atoms with Crippen molar-refractivity contribution in [1.82, 2.24) is 15.5 Å². The molecule has 0 aromatic heterocycles. The number of unbranched alkanes of at least 4 members (excludes halogenated alkanes) is 3. The molecule has 0 aliphatic carbocycles. The molecule has 0 aromatic carbocycles. The zero-order chi connectivity index (χ0) is 16.9. The fourth-order valence-electron chi connectivity index (χ4n) is 2.90. The minimum atomic E-state index is 0.305. The van der Waals surface area contributed by atoms with E-state index >= 15 is 0 Å². The summed E-state index contributed by atoms with van der Waals surface area (Å²) in [6, 6.07) is 0.449. The standard InChI is InChI=1S/C18H36N4O/c1-4-6-7-8-11-16(3)21-18(19-5-2)20-13-10-15-22-14-9-12-17(22)23/h16H,4-15H2,1-3H3,(H2,19,20,21). The summed E-state index contributed by atoms with van der Waals surface area (Å²) in [4.78, 5) is 18.2. The van der Waals surface area contributed by atoms with Gasteiger partial charge in [0.1, 0.15) is 0 Å². The molecule has 1 unspecified atom stereocenters. The van der Waals surface area contributed by atoms with Gasteiger partial charge >= 0.3 is 0 Å². The quantitative estimate of drug-likeness (QED) is 0.349. The maximum atomic E-state index is 11.6. The summed E-state index contributed by atoms with van der Waals surface area (Å²) in [7, 11) is 0. The van der Waals surface area contributed by atoms with Crippen LogP contribution in [0.4, 0.5) is 0 Å². The SMILES string of the molecule is CCCCCCC(C)NC(=NCCCN1CCCC1=O)NCC. The smallest absolute Gasteiger partial charge is 0.222 e. The molecule has 1 aliphatic heterocycles. The number of carbonyl (C=O) groups is 1. The molecule has 0 saturated carbocycles. The number of carbonyl (C=O) groups excluding carboxylic acids is 1. The van der Waals surface area contributed by atoms with E-state index in [1.54, 1.807) is 0 Å². The maximum Gasteiger partial charge on any atom is 0.222 e. The third-order valence-corrected chi connectivity index (χ3v) is 4.25. The van der Waals surface area contributed by atoms with Gasteiger partial charge in [-0.1, -0.05) is 32.6 Å². The van der Waals surface area contributed by atoms with E-state index in [1.165, 1.54) is 32.1 Å². The topological polar surface area (TPSA) is 56.7 Å². The average molecular weight is 325 g/mol. The van der Waals surface area contributed by atoms with E-state index in [0.29, 0.717) is 11.9 Å². The van der Waals surface area contributed by atoms with E-state index in [0.717, 1.165) is 51.4 Å². The molecular formula is C18H36N4O. The highest BCUT2D eigenvalue weighted by Gasteiger charge is 2.18. The Morgan fingerprint density at radius 2 is 2.09 bits per heavy atom. The number of aliphatic imine (C=N–C) groups is 1. The van der Waals surface area contributed by atoms with E-state index in [-0.39, 0.29) is 0 Å². The van der Waals surface area contributed by atoms with Crippen LogP contribution in [0.2, 0.25) is 0 Å². The van der Waals surface area contributed by atoms with Crippen LogP contribution < -0.4 is 10.6 Å². The van der Waals surface area contributed by atoms with Crippen LogP contribution >= 0.6 is 0 Å². The van der Waals surface area contributed by atoms with Gasteiger partial charge in [0, 0.05) is 38.6 Å². The van der Waals surface area contributed by atoms with Gasteiger partial charge in [-0.25, -0.2) is 0 Å². The number of likely N-dealkylation sites (tertiary alicyclic amines) is 1. The highest BCUT2D eigenvalue weighted by Crippen LogP contribution is 2.09. The molecule has 134 valence electrons. The van der Waals surface area contributed by atoms with Crippen LogP contribution in [0.25, 0.3) is 0 Å². The lowest BCUT2D eigenvalue weighted by molar-refractivity contribution is -0.127. The average Bonchev–Trinajstić information content (AvgIpc) is 2.93. The predicted molar refractivity (Wildman–Crippen MR) is 97.8 cm³/mol. The van der Waals surface area contributed by atoms with Crippen molar-refractivity contribution in [2.24, 2.45) is 4.99 Å². The Morgan fingerprint density at radius 3 is 2.74 bits per heavy atom. The summed E-state index contributed by atoms with van der Waals surface area (Å²) in [5.41, 5.74) is 0. The molecule has 5 nitrogen and oxygen atoms in total. The highest BCUT2D eigenvalue weighted by molar-refractivity contribution is 5.80. The van der Waals surface area contributed by atoms with E-state index in [4.69, 9.17) is 0 Å². The third kappa shape index (κ3) is 8.82. The van der Waals surface area contributed by atoms with E-state index in [2.05, 4.69) is 36.4 Å². The van der Waals surface area contributed by atoms with Crippen LogP contribution in [0.1, 0.15) is 72.1 Å². The molecule has 0 aromatic rings. The van der Waals surface area contributed by atoms with Crippen molar-refractivity contribution in [3.05, 3.63) is 0 Å². The Labute approximate surface area is 142 Å². The first-order chi connectivity index (χ1) is 11.2. The molecule has 5 heteroatoms. The van der Waals surface area contributed by atoms with Crippen molar-refractivity contribution in [3.63, 3.8) is 0 Å². The monoisotopic (exact) mass is 324 g/mol. The van der Waals surface area contributed by atoms with Gasteiger partial charge in [0.15, 0.2) is 5.96 Å². The minimum Gasteiger partial charge on any atom is -0.357 e. The molecule has 1 rings (SSSR count). The summed E-state index contributed by atoms with van der Waals surface area (Å²) in [6.07, 6.45) is 9.07. The van der Waals surface area contributed by atoms with Gasteiger partial charge in [0.05, 0.1) is 0 Å². The predicted octanol–water partition coefficient (Wildman–Crippen LogP) is 2.91. The zero-order valence-electron chi connectivity index (χ0n) is 15.4. The summed E-state index contributed by atoms with van der Waals surface area (Å²) in [6.45, 7) is 9.96. The second-order valence-corrected chi connectivity index (χ2v) is 6.49. The van der Waals surface area contributed by atoms with Crippen molar-refractivity contribution in [1.29, 1.82) is 0 Å². The summed E-state index contributed by atoms with van der Waals surface area (Å²) in [5.74, 6) is 1.21. The molecular weight excluding hydrogens is 288 g/mol. The lowest BCUT2D eigenvalue weighted by Crippen LogP contribution is -2.42. The Hall–Kier alpha value is -1.26. The van der Waals surface area contributed by atoms with Crippen LogP contribution in [0, 0.1) is 0 Å². The van der Waals surface area contributed by atoms with E-state index in [1.807, 2.05) is 4.90 Å². The summed E-state index contributed by atoms with van der Waals surface area (Å²) < 4.78 is 0. The molecule has 0 bridgehead atoms. The second kappa shape index (κ2) is 12.2. The van der Waals surface area contributed by atoms with E-state index < -0.39 is 0 Å². The second-order valence-electron chi connectivity index (χ2n) is 6.49. The van der Waals surface area contributed by atoms with Gasteiger partial charge in [-0.05, 0) is 33.1 Å². The number of rotatable bonds is 11. The molecule has 1 amide bonds. The molecule has 1 fully saturated rings. The first-order valence-electron chi connectivity index (χ1n) is 9.50. The normalized spacial score (nSPS) is 16.7. The molecule has 1 heterocycles. The maximum absolute atomic E-state index is 11.6. The largest absolute Gasteiger partial charge is 0.357 e.